The van der Waals surface area contributed by atoms with Crippen LogP contribution in [0.25, 0.3) is 0 Å². The van der Waals surface area contributed by atoms with Crippen LogP contribution in [0.1, 0.15) is 15.9 Å². The fourth-order valence-electron chi connectivity index (χ4n) is 1.79. The molecule has 20 heavy (non-hydrogen) atoms. The third kappa shape index (κ3) is 3.42. The molecule has 0 aliphatic heterocycles. The molecule has 0 radical (unpaired) electrons. The molecule has 0 aliphatic carbocycles. The summed E-state index contributed by atoms with van der Waals surface area (Å²) < 4.78 is 5.08. The van der Waals surface area contributed by atoms with Crippen LogP contribution in [-0.4, -0.2) is 18.2 Å². The summed E-state index contributed by atoms with van der Waals surface area (Å²) in [6.07, 6.45) is 0. The first-order valence-corrected chi connectivity index (χ1v) is 6.37. The van der Waals surface area contributed by atoms with E-state index in [1.54, 1.807) is 37.4 Å². The van der Waals surface area contributed by atoms with Crippen molar-refractivity contribution in [2.45, 2.75) is 6.54 Å². The number of carboxylic acids is 1. The van der Waals surface area contributed by atoms with Crippen molar-refractivity contribution in [3.8, 4) is 5.75 Å². The van der Waals surface area contributed by atoms with Gasteiger partial charge in [0, 0.05) is 12.2 Å². The van der Waals surface area contributed by atoms with Gasteiger partial charge in [-0.05, 0) is 35.9 Å². The molecule has 2 rings (SSSR count). The molecule has 0 amide bonds. The van der Waals surface area contributed by atoms with Gasteiger partial charge in [0.15, 0.2) is 0 Å². The third-order valence-electron chi connectivity index (χ3n) is 2.82. The lowest BCUT2D eigenvalue weighted by molar-refractivity contribution is 0.0697. The number of hydrogen-bond donors (Lipinski definition) is 2. The normalized spacial score (nSPS) is 10.1. The Morgan fingerprint density at radius 2 is 2.10 bits per heavy atom. The molecule has 2 N–H and O–H groups in total. The highest BCUT2D eigenvalue weighted by Gasteiger charge is 2.04. The molecule has 0 aliphatic rings. The highest BCUT2D eigenvalue weighted by molar-refractivity contribution is 6.32. The standard InChI is InChI=1S/C15H14ClNO3/c1-20-14-6-5-12(8-13(14)16)17-9-10-3-2-4-11(7-10)15(18)19/h2-8,17H,9H2,1H3,(H,18,19). The largest absolute Gasteiger partial charge is 0.495 e. The highest BCUT2D eigenvalue weighted by Crippen LogP contribution is 2.27. The van der Waals surface area contributed by atoms with Gasteiger partial charge in [0.05, 0.1) is 17.7 Å². The summed E-state index contributed by atoms with van der Waals surface area (Å²) in [5, 5.41) is 12.6. The van der Waals surface area contributed by atoms with Gasteiger partial charge >= 0.3 is 5.97 Å². The Balaban J connectivity index is 2.07. The molecule has 0 aromatic heterocycles. The molecule has 4 nitrogen and oxygen atoms in total. The van der Waals surface area contributed by atoms with Gasteiger partial charge in [0.1, 0.15) is 5.75 Å². The van der Waals surface area contributed by atoms with E-state index in [0.29, 0.717) is 17.3 Å². The fraction of sp³-hybridized carbons (Fsp3) is 0.133. The molecule has 0 saturated heterocycles. The average molecular weight is 292 g/mol. The number of halogens is 1. The molecule has 2 aromatic carbocycles. The molecule has 5 heteroatoms. The monoisotopic (exact) mass is 291 g/mol. The van der Waals surface area contributed by atoms with Crippen molar-refractivity contribution in [2.75, 3.05) is 12.4 Å². The molecule has 0 saturated carbocycles. The summed E-state index contributed by atoms with van der Waals surface area (Å²) >= 11 is 6.04. The Hall–Kier alpha value is -2.20. The van der Waals surface area contributed by atoms with Crippen LogP contribution in [0, 0.1) is 0 Å². The zero-order chi connectivity index (χ0) is 14.5. The van der Waals surface area contributed by atoms with E-state index in [9.17, 15) is 4.79 Å². The van der Waals surface area contributed by atoms with Crippen molar-refractivity contribution in [1.29, 1.82) is 0 Å². The van der Waals surface area contributed by atoms with Crippen LogP contribution in [0.2, 0.25) is 5.02 Å². The minimum atomic E-state index is -0.931. The van der Waals surface area contributed by atoms with Crippen molar-refractivity contribution in [1.82, 2.24) is 0 Å². The Labute approximate surface area is 122 Å². The lowest BCUT2D eigenvalue weighted by Crippen LogP contribution is -2.02. The van der Waals surface area contributed by atoms with Crippen LogP contribution >= 0.6 is 11.6 Å². The number of aromatic carboxylic acids is 1. The number of hydrogen-bond acceptors (Lipinski definition) is 3. The number of anilines is 1. The molecule has 104 valence electrons. The SMILES string of the molecule is COc1ccc(NCc2cccc(C(=O)O)c2)cc1Cl. The number of ether oxygens (including phenoxy) is 1. The van der Waals surface area contributed by atoms with Gasteiger partial charge in [-0.25, -0.2) is 4.79 Å². The van der Waals surface area contributed by atoms with E-state index in [4.69, 9.17) is 21.4 Å². The maximum absolute atomic E-state index is 10.9. The summed E-state index contributed by atoms with van der Waals surface area (Å²) in [7, 11) is 1.56. The third-order valence-corrected chi connectivity index (χ3v) is 3.12. The van der Waals surface area contributed by atoms with E-state index in [1.807, 2.05) is 12.1 Å². The molecule has 0 fully saturated rings. The predicted molar refractivity (Wildman–Crippen MR) is 78.7 cm³/mol. The van der Waals surface area contributed by atoms with E-state index in [0.717, 1.165) is 11.3 Å². The molecular formula is C15H14ClNO3. The first kappa shape index (κ1) is 14.2. The van der Waals surface area contributed by atoms with Crippen molar-refractivity contribution < 1.29 is 14.6 Å². The summed E-state index contributed by atoms with van der Waals surface area (Å²) in [5.74, 6) is -0.315. The maximum atomic E-state index is 10.9. The van der Waals surface area contributed by atoms with Crippen LogP contribution in [0.5, 0.6) is 5.75 Å². The second kappa shape index (κ2) is 6.30. The second-order valence-electron chi connectivity index (χ2n) is 4.21. The van der Waals surface area contributed by atoms with E-state index >= 15 is 0 Å². The van der Waals surface area contributed by atoms with Crippen molar-refractivity contribution >= 4 is 23.3 Å². The highest BCUT2D eigenvalue weighted by atomic mass is 35.5. The second-order valence-corrected chi connectivity index (χ2v) is 4.62. The Kier molecular flexibility index (Phi) is 4.48. The minimum Gasteiger partial charge on any atom is -0.495 e. The van der Waals surface area contributed by atoms with Crippen LogP contribution in [-0.2, 0) is 6.54 Å². The molecule has 0 atom stereocenters. The number of benzene rings is 2. The number of rotatable bonds is 5. The van der Waals surface area contributed by atoms with Crippen LogP contribution in [0.4, 0.5) is 5.69 Å². The van der Waals surface area contributed by atoms with Gasteiger partial charge in [0.25, 0.3) is 0 Å². The quantitative estimate of drug-likeness (QED) is 0.882. The number of carboxylic acid groups (broad SMARTS) is 1. The molecule has 0 bridgehead atoms. The molecule has 2 aromatic rings. The lowest BCUT2D eigenvalue weighted by atomic mass is 10.1. The van der Waals surface area contributed by atoms with Gasteiger partial charge in [-0.1, -0.05) is 23.7 Å². The molecule has 0 spiro atoms. The van der Waals surface area contributed by atoms with Gasteiger partial charge in [-0.15, -0.1) is 0 Å². The molecule has 0 heterocycles. The van der Waals surface area contributed by atoms with Crippen LogP contribution in [0.15, 0.2) is 42.5 Å². The maximum Gasteiger partial charge on any atom is 0.335 e. The Morgan fingerprint density at radius 1 is 1.30 bits per heavy atom. The van der Waals surface area contributed by atoms with Gasteiger partial charge in [-0.3, -0.25) is 0 Å². The Bertz CT molecular complexity index is 628. The first-order valence-electron chi connectivity index (χ1n) is 6.00. The summed E-state index contributed by atoms with van der Waals surface area (Å²) in [6, 6.07) is 12.2. The van der Waals surface area contributed by atoms with Crippen molar-refractivity contribution in [3.63, 3.8) is 0 Å². The fourth-order valence-corrected chi connectivity index (χ4v) is 2.05. The summed E-state index contributed by atoms with van der Waals surface area (Å²) in [5.41, 5.74) is 2.01. The zero-order valence-corrected chi connectivity index (χ0v) is 11.6. The van der Waals surface area contributed by atoms with E-state index in [-0.39, 0.29) is 5.56 Å². The molecule has 0 unspecified atom stereocenters. The van der Waals surface area contributed by atoms with E-state index in [1.165, 1.54) is 0 Å². The predicted octanol–water partition coefficient (Wildman–Crippen LogP) is 3.66. The minimum absolute atomic E-state index is 0.275. The van der Waals surface area contributed by atoms with Crippen LogP contribution in [0.3, 0.4) is 0 Å². The first-order chi connectivity index (χ1) is 9.60. The Morgan fingerprint density at radius 3 is 2.75 bits per heavy atom. The average Bonchev–Trinajstić information content (AvgIpc) is 2.45. The number of methoxy groups -OCH3 is 1. The summed E-state index contributed by atoms with van der Waals surface area (Å²) in [4.78, 5) is 10.9. The van der Waals surface area contributed by atoms with E-state index in [2.05, 4.69) is 5.32 Å². The van der Waals surface area contributed by atoms with Gasteiger partial charge in [0.2, 0.25) is 0 Å². The lowest BCUT2D eigenvalue weighted by Gasteiger charge is -2.09. The van der Waals surface area contributed by atoms with Crippen molar-refractivity contribution in [3.05, 3.63) is 58.6 Å². The van der Waals surface area contributed by atoms with Gasteiger partial charge < -0.3 is 15.2 Å². The van der Waals surface area contributed by atoms with Crippen molar-refractivity contribution in [2.24, 2.45) is 0 Å². The number of nitrogens with one attached hydrogen (secondary N) is 1. The van der Waals surface area contributed by atoms with Gasteiger partial charge in [-0.2, -0.15) is 0 Å². The summed E-state index contributed by atoms with van der Waals surface area (Å²) in [6.45, 7) is 0.518. The zero-order valence-electron chi connectivity index (χ0n) is 10.9. The topological polar surface area (TPSA) is 58.6 Å². The van der Waals surface area contributed by atoms with Crippen LogP contribution < -0.4 is 10.1 Å². The smallest absolute Gasteiger partial charge is 0.335 e. The number of carbonyl (C=O) groups is 1. The van der Waals surface area contributed by atoms with E-state index < -0.39 is 5.97 Å². The molecular weight excluding hydrogens is 278 g/mol.